The van der Waals surface area contributed by atoms with E-state index in [1.807, 2.05) is 30.3 Å². The molecular weight excluding hydrogens is 600 g/mol. The van der Waals surface area contributed by atoms with Gasteiger partial charge in [-0.1, -0.05) is 57.2 Å². The molecule has 5 rings (SSSR count). The molecule has 5 amide bonds. The molecule has 2 aliphatic rings. The highest BCUT2D eigenvalue weighted by Crippen LogP contribution is 2.37. The fourth-order valence-corrected chi connectivity index (χ4v) is 6.15. The number of rotatable bonds is 10. The van der Waals surface area contributed by atoms with E-state index in [1.54, 1.807) is 24.3 Å². The molecule has 1 unspecified atom stereocenters. The lowest BCUT2D eigenvalue weighted by Crippen LogP contribution is -2.52. The number of amides is 5. The lowest BCUT2D eigenvalue weighted by Gasteiger charge is -2.36. The predicted octanol–water partition coefficient (Wildman–Crippen LogP) is 5.87. The lowest BCUT2D eigenvalue weighted by molar-refractivity contribution is -0.136. The van der Waals surface area contributed by atoms with E-state index in [1.165, 1.54) is 4.90 Å². The van der Waals surface area contributed by atoms with Crippen LogP contribution >= 0.6 is 0 Å². The van der Waals surface area contributed by atoms with Crippen molar-refractivity contribution in [3.8, 4) is 5.75 Å². The number of ether oxygens (including phenoxy) is 1. The van der Waals surface area contributed by atoms with Crippen LogP contribution in [0.5, 0.6) is 5.75 Å². The third-order valence-corrected chi connectivity index (χ3v) is 13.4. The molecule has 10 nitrogen and oxygen atoms in total. The molecule has 1 saturated heterocycles. The van der Waals surface area contributed by atoms with Gasteiger partial charge in [0.2, 0.25) is 11.8 Å². The molecule has 11 heteroatoms. The Balaban J connectivity index is 1.08. The van der Waals surface area contributed by atoms with Gasteiger partial charge in [-0.25, -0.2) is 4.79 Å². The van der Waals surface area contributed by atoms with Gasteiger partial charge in [0.25, 0.3) is 5.91 Å². The van der Waals surface area contributed by atoms with Crippen LogP contribution in [0.2, 0.25) is 18.1 Å². The molecule has 0 saturated carbocycles. The summed E-state index contributed by atoms with van der Waals surface area (Å²) < 4.78 is 12.3. The Morgan fingerprint density at radius 2 is 1.67 bits per heavy atom. The highest BCUT2D eigenvalue weighted by Gasteiger charge is 2.39. The number of piperidine rings is 1. The SMILES string of the molecule is CC(C)(C)[Si](C)(C)OCc1cccc(COc2ccc(NC(=O)NCc3ccc4c(c3)CN(C3CCC(=O)NC3=O)C4=O)cc2)c1. The first kappa shape index (κ1) is 32.9. The van der Waals surface area contributed by atoms with E-state index in [-0.39, 0.29) is 42.4 Å². The van der Waals surface area contributed by atoms with Gasteiger partial charge in [0, 0.05) is 30.8 Å². The first-order chi connectivity index (χ1) is 21.8. The van der Waals surface area contributed by atoms with Crippen LogP contribution in [0.25, 0.3) is 0 Å². The molecule has 3 aromatic rings. The molecule has 0 radical (unpaired) electrons. The summed E-state index contributed by atoms with van der Waals surface area (Å²) in [6.45, 7) is 12.7. The van der Waals surface area contributed by atoms with Crippen molar-refractivity contribution in [1.82, 2.24) is 15.5 Å². The van der Waals surface area contributed by atoms with Crippen molar-refractivity contribution in [2.24, 2.45) is 0 Å². The number of benzene rings is 3. The Hall–Kier alpha value is -4.48. The number of hydrogen-bond acceptors (Lipinski definition) is 6. The maximum atomic E-state index is 12.9. The van der Waals surface area contributed by atoms with E-state index in [2.05, 4.69) is 61.9 Å². The minimum absolute atomic E-state index is 0.158. The van der Waals surface area contributed by atoms with E-state index in [9.17, 15) is 19.2 Å². The van der Waals surface area contributed by atoms with Gasteiger partial charge in [0.15, 0.2) is 8.32 Å². The average molecular weight is 643 g/mol. The van der Waals surface area contributed by atoms with Crippen molar-refractivity contribution < 1.29 is 28.3 Å². The lowest BCUT2D eigenvalue weighted by atomic mass is 10.0. The number of fused-ring (bicyclic) bond motifs is 1. The summed E-state index contributed by atoms with van der Waals surface area (Å²) in [5.41, 5.74) is 4.94. The molecule has 1 fully saturated rings. The van der Waals surface area contributed by atoms with Crippen molar-refractivity contribution >= 4 is 37.8 Å². The molecule has 0 aromatic heterocycles. The molecule has 2 aliphatic heterocycles. The second-order valence-electron chi connectivity index (χ2n) is 13.4. The van der Waals surface area contributed by atoms with Gasteiger partial charge in [-0.3, -0.25) is 19.7 Å². The van der Waals surface area contributed by atoms with Gasteiger partial charge < -0.3 is 24.7 Å². The fraction of sp³-hybridized carbons (Fsp3) is 0.371. The summed E-state index contributed by atoms with van der Waals surface area (Å²) in [4.78, 5) is 50.8. The Bertz CT molecular complexity index is 1630. The summed E-state index contributed by atoms with van der Waals surface area (Å²) in [7, 11) is -1.83. The van der Waals surface area contributed by atoms with E-state index in [4.69, 9.17) is 9.16 Å². The van der Waals surface area contributed by atoms with Gasteiger partial charge in [-0.2, -0.15) is 0 Å². The number of nitrogens with one attached hydrogen (secondary N) is 3. The van der Waals surface area contributed by atoms with E-state index in [0.717, 1.165) is 22.3 Å². The van der Waals surface area contributed by atoms with Crippen LogP contribution in [-0.4, -0.2) is 43.0 Å². The number of anilines is 1. The highest BCUT2D eigenvalue weighted by molar-refractivity contribution is 6.74. The van der Waals surface area contributed by atoms with Gasteiger partial charge in [0.05, 0.1) is 6.61 Å². The molecule has 0 aliphatic carbocycles. The molecule has 1 atom stereocenters. The third-order valence-electron chi connectivity index (χ3n) is 8.96. The Morgan fingerprint density at radius 1 is 0.957 bits per heavy atom. The Morgan fingerprint density at radius 3 is 2.37 bits per heavy atom. The van der Waals surface area contributed by atoms with Crippen LogP contribution in [0.4, 0.5) is 10.5 Å². The molecule has 2 heterocycles. The normalized spacial score (nSPS) is 16.6. The number of urea groups is 1. The second kappa shape index (κ2) is 13.5. The average Bonchev–Trinajstić information content (AvgIpc) is 3.33. The maximum Gasteiger partial charge on any atom is 0.319 e. The zero-order chi connectivity index (χ0) is 33.1. The Kier molecular flexibility index (Phi) is 9.64. The highest BCUT2D eigenvalue weighted by atomic mass is 28.4. The van der Waals surface area contributed by atoms with Gasteiger partial charge in [0.1, 0.15) is 18.4 Å². The quantitative estimate of drug-likeness (QED) is 0.188. The summed E-state index contributed by atoms with van der Waals surface area (Å²) in [6, 6.07) is 19.8. The topological polar surface area (TPSA) is 126 Å². The molecule has 46 heavy (non-hydrogen) atoms. The summed E-state index contributed by atoms with van der Waals surface area (Å²) >= 11 is 0. The van der Waals surface area contributed by atoms with Crippen LogP contribution < -0.4 is 20.7 Å². The summed E-state index contributed by atoms with van der Waals surface area (Å²) in [5.74, 6) is -0.298. The molecule has 3 N–H and O–H groups in total. The van der Waals surface area contributed by atoms with Crippen LogP contribution in [0, 0.1) is 0 Å². The van der Waals surface area contributed by atoms with Crippen LogP contribution in [0.1, 0.15) is 66.2 Å². The first-order valence-corrected chi connectivity index (χ1v) is 18.5. The van der Waals surface area contributed by atoms with Crippen LogP contribution in [0.15, 0.2) is 66.7 Å². The minimum atomic E-state index is -1.83. The maximum absolute atomic E-state index is 12.9. The number of nitrogens with zero attached hydrogens (tertiary/aromatic N) is 1. The van der Waals surface area contributed by atoms with Crippen molar-refractivity contribution in [1.29, 1.82) is 0 Å². The standard InChI is InChI=1S/C35H42N4O6Si/c1-35(2,3)46(4,5)45-22-25-8-6-7-24(17-25)21-44-28-12-10-27(11-13-28)37-34(43)36-19-23-9-14-29-26(18-23)20-39(33(29)42)30-15-16-31(40)38-32(30)41/h6-14,17-18,30H,15-16,19-22H2,1-5H3,(H2,36,37,43)(H,38,40,41). The van der Waals surface area contributed by atoms with Gasteiger partial charge in [-0.15, -0.1) is 0 Å². The molecule has 0 bridgehead atoms. The largest absolute Gasteiger partial charge is 0.489 e. The summed E-state index contributed by atoms with van der Waals surface area (Å²) in [6.07, 6.45) is 0.521. The molecule has 3 aromatic carbocycles. The number of carbonyl (C=O) groups is 4. The fourth-order valence-electron chi connectivity index (χ4n) is 5.19. The van der Waals surface area contributed by atoms with E-state index >= 15 is 0 Å². The molecule has 242 valence electrons. The van der Waals surface area contributed by atoms with Crippen molar-refractivity contribution in [3.05, 3.63) is 94.5 Å². The Labute approximate surface area is 271 Å². The van der Waals surface area contributed by atoms with Crippen LogP contribution in [-0.2, 0) is 40.3 Å². The van der Waals surface area contributed by atoms with E-state index < -0.39 is 20.3 Å². The second-order valence-corrected chi connectivity index (χ2v) is 18.2. The van der Waals surface area contributed by atoms with Crippen molar-refractivity contribution in [2.75, 3.05) is 5.32 Å². The number of hydrogen-bond donors (Lipinski definition) is 3. The van der Waals surface area contributed by atoms with Crippen LogP contribution in [0.3, 0.4) is 0 Å². The van der Waals surface area contributed by atoms with E-state index in [0.29, 0.717) is 36.6 Å². The van der Waals surface area contributed by atoms with Crippen molar-refractivity contribution in [3.63, 3.8) is 0 Å². The molecule has 0 spiro atoms. The number of carbonyl (C=O) groups excluding carboxylic acids is 4. The van der Waals surface area contributed by atoms with Gasteiger partial charge >= 0.3 is 6.03 Å². The minimum Gasteiger partial charge on any atom is -0.489 e. The zero-order valence-corrected chi connectivity index (χ0v) is 28.1. The monoisotopic (exact) mass is 642 g/mol. The third kappa shape index (κ3) is 7.83. The first-order valence-electron chi connectivity index (χ1n) is 15.5. The number of imide groups is 1. The summed E-state index contributed by atoms with van der Waals surface area (Å²) in [5, 5.41) is 8.13. The van der Waals surface area contributed by atoms with Gasteiger partial charge in [-0.05, 0) is 77.1 Å². The predicted molar refractivity (Wildman–Crippen MR) is 178 cm³/mol. The zero-order valence-electron chi connectivity index (χ0n) is 27.1. The smallest absolute Gasteiger partial charge is 0.319 e. The van der Waals surface area contributed by atoms with Crippen molar-refractivity contribution in [2.45, 2.75) is 84.1 Å². The molecular formula is C35H42N4O6Si.